The zero-order chi connectivity index (χ0) is 28.3. The summed E-state index contributed by atoms with van der Waals surface area (Å²) in [6.07, 6.45) is 2.16. The van der Waals surface area contributed by atoms with Gasteiger partial charge in [-0.15, -0.1) is 0 Å². The van der Waals surface area contributed by atoms with Gasteiger partial charge in [-0.1, -0.05) is 30.3 Å². The van der Waals surface area contributed by atoms with Gasteiger partial charge in [0.1, 0.15) is 17.3 Å². The van der Waals surface area contributed by atoms with Crippen molar-refractivity contribution in [3.63, 3.8) is 0 Å². The Balaban J connectivity index is 1.16. The molecule has 1 fully saturated rings. The van der Waals surface area contributed by atoms with Gasteiger partial charge in [0.15, 0.2) is 0 Å². The molecular formula is C32H36N6O3. The lowest BCUT2D eigenvalue weighted by Gasteiger charge is -2.37. The van der Waals surface area contributed by atoms with Crippen molar-refractivity contribution < 1.29 is 14.3 Å². The number of para-hydroxylation sites is 3. The molecule has 1 aromatic heterocycles. The van der Waals surface area contributed by atoms with Crippen molar-refractivity contribution in [3.8, 4) is 11.5 Å². The monoisotopic (exact) mass is 552 g/mol. The second-order valence-corrected chi connectivity index (χ2v) is 10.6. The highest BCUT2D eigenvalue weighted by Gasteiger charge is 2.27. The van der Waals surface area contributed by atoms with Gasteiger partial charge in [-0.3, -0.25) is 14.4 Å². The van der Waals surface area contributed by atoms with Gasteiger partial charge >= 0.3 is 0 Å². The van der Waals surface area contributed by atoms with E-state index in [0.29, 0.717) is 13.0 Å². The van der Waals surface area contributed by atoms with E-state index in [1.807, 2.05) is 59.2 Å². The fourth-order valence-corrected chi connectivity index (χ4v) is 5.77. The molecule has 9 nitrogen and oxygen atoms in total. The largest absolute Gasteiger partial charge is 0.497 e. The number of benzene rings is 3. The number of carbonyl (C=O) groups is 1. The average molecular weight is 553 g/mol. The zero-order valence-electron chi connectivity index (χ0n) is 23.8. The average Bonchev–Trinajstić information content (AvgIpc) is 3.24. The van der Waals surface area contributed by atoms with E-state index in [2.05, 4.69) is 50.5 Å². The molecule has 1 saturated heterocycles. The van der Waals surface area contributed by atoms with Gasteiger partial charge in [-0.05, 0) is 41.5 Å². The first kappa shape index (κ1) is 26.7. The van der Waals surface area contributed by atoms with E-state index in [1.165, 1.54) is 5.56 Å². The second-order valence-electron chi connectivity index (χ2n) is 10.6. The molecule has 1 amide bonds. The van der Waals surface area contributed by atoms with Crippen LogP contribution in [-0.4, -0.2) is 61.0 Å². The van der Waals surface area contributed by atoms with E-state index < -0.39 is 0 Å². The van der Waals surface area contributed by atoms with E-state index in [4.69, 9.17) is 9.47 Å². The molecule has 2 aliphatic heterocycles. The number of fused-ring (bicyclic) bond motifs is 2. The number of amides is 1. The van der Waals surface area contributed by atoms with Gasteiger partial charge in [0.2, 0.25) is 5.91 Å². The summed E-state index contributed by atoms with van der Waals surface area (Å²) in [5, 5.41) is 7.89. The third kappa shape index (κ3) is 5.58. The first-order valence-electron chi connectivity index (χ1n) is 14.0. The molecule has 0 saturated carbocycles. The van der Waals surface area contributed by atoms with Gasteiger partial charge in [0.05, 0.1) is 44.8 Å². The molecule has 0 atom stereocenters. The van der Waals surface area contributed by atoms with Crippen LogP contribution in [0.2, 0.25) is 0 Å². The third-order valence-electron chi connectivity index (χ3n) is 7.96. The minimum absolute atomic E-state index is 0.0639. The van der Waals surface area contributed by atoms with Gasteiger partial charge in [0.25, 0.3) is 0 Å². The quantitative estimate of drug-likeness (QED) is 0.359. The number of aryl methyl sites for hydroxylation is 1. The van der Waals surface area contributed by atoms with Gasteiger partial charge in [0, 0.05) is 57.1 Å². The number of rotatable bonds is 7. The maximum Gasteiger partial charge on any atom is 0.231 e. The molecule has 6 rings (SSSR count). The van der Waals surface area contributed by atoms with Crippen LogP contribution in [0.1, 0.15) is 16.7 Å². The Morgan fingerprint density at radius 1 is 0.902 bits per heavy atom. The van der Waals surface area contributed by atoms with Crippen LogP contribution in [0.25, 0.3) is 0 Å². The maximum atomic E-state index is 13.9. The standard InChI is InChI=1S/C32H36N6O3/c1-35-32-25(20-33-35)22-38(30-11-7-5-9-28(30)34-32)31(39)18-24-8-4-6-10-29(24)37-14-12-36(13-15-37)21-23-16-26(40-2)19-27(17-23)41-3/h4-11,16-17,19-20,34H,12-15,18,21-22H2,1-3H3. The lowest BCUT2D eigenvalue weighted by atomic mass is 10.1. The molecule has 2 aliphatic rings. The van der Waals surface area contributed by atoms with Crippen LogP contribution in [0.15, 0.2) is 72.9 Å². The molecule has 0 bridgehead atoms. The van der Waals surface area contributed by atoms with Crippen molar-refractivity contribution in [2.45, 2.75) is 19.5 Å². The number of methoxy groups -OCH3 is 2. The summed E-state index contributed by atoms with van der Waals surface area (Å²) in [6.45, 7) is 4.94. The predicted molar refractivity (Wildman–Crippen MR) is 161 cm³/mol. The fraction of sp³-hybridized carbons (Fsp3) is 0.312. The number of nitrogens with one attached hydrogen (secondary N) is 1. The van der Waals surface area contributed by atoms with Crippen molar-refractivity contribution in [2.24, 2.45) is 7.05 Å². The molecular weight excluding hydrogens is 516 g/mol. The van der Waals surface area contributed by atoms with Crippen molar-refractivity contribution >= 4 is 28.8 Å². The molecule has 0 spiro atoms. The molecule has 0 unspecified atom stereocenters. The summed E-state index contributed by atoms with van der Waals surface area (Å²) >= 11 is 0. The Kier molecular flexibility index (Phi) is 7.52. The Labute approximate surface area is 240 Å². The van der Waals surface area contributed by atoms with E-state index in [-0.39, 0.29) is 5.91 Å². The summed E-state index contributed by atoms with van der Waals surface area (Å²) in [5.74, 6) is 2.59. The smallest absolute Gasteiger partial charge is 0.231 e. The number of hydrogen-bond donors (Lipinski definition) is 1. The van der Waals surface area contributed by atoms with E-state index in [1.54, 1.807) is 14.2 Å². The Morgan fingerprint density at radius 3 is 2.32 bits per heavy atom. The SMILES string of the molecule is COc1cc(CN2CCN(c3ccccc3CC(=O)N3Cc4cnn(C)c4Nc4ccccc43)CC2)cc(OC)c1. The summed E-state index contributed by atoms with van der Waals surface area (Å²) in [7, 11) is 5.27. The summed E-state index contributed by atoms with van der Waals surface area (Å²) in [4.78, 5) is 20.7. The molecule has 1 N–H and O–H groups in total. The maximum absolute atomic E-state index is 13.9. The van der Waals surface area contributed by atoms with E-state index in [0.717, 1.165) is 78.2 Å². The number of carbonyl (C=O) groups excluding carboxylic acids is 1. The highest BCUT2D eigenvalue weighted by molar-refractivity contribution is 5.99. The van der Waals surface area contributed by atoms with Gasteiger partial charge in [-0.2, -0.15) is 5.10 Å². The lowest BCUT2D eigenvalue weighted by molar-refractivity contribution is -0.118. The topological polar surface area (TPSA) is 75.1 Å². The Morgan fingerprint density at radius 2 is 1.59 bits per heavy atom. The van der Waals surface area contributed by atoms with Gasteiger partial charge < -0.3 is 24.6 Å². The molecule has 41 heavy (non-hydrogen) atoms. The lowest BCUT2D eigenvalue weighted by Crippen LogP contribution is -2.46. The summed E-state index contributed by atoms with van der Waals surface area (Å²) in [5.41, 5.74) is 6.13. The van der Waals surface area contributed by atoms with Crippen LogP contribution < -0.4 is 24.6 Å². The van der Waals surface area contributed by atoms with Crippen molar-refractivity contribution in [1.29, 1.82) is 0 Å². The fourth-order valence-electron chi connectivity index (χ4n) is 5.77. The summed E-state index contributed by atoms with van der Waals surface area (Å²) in [6, 6.07) is 22.3. The highest BCUT2D eigenvalue weighted by atomic mass is 16.5. The zero-order valence-corrected chi connectivity index (χ0v) is 23.8. The number of hydrogen-bond acceptors (Lipinski definition) is 7. The van der Waals surface area contributed by atoms with Crippen LogP contribution in [0.5, 0.6) is 11.5 Å². The molecule has 212 valence electrons. The highest BCUT2D eigenvalue weighted by Crippen LogP contribution is 2.36. The molecule has 4 aromatic rings. The first-order chi connectivity index (χ1) is 20.0. The Hall–Kier alpha value is -4.50. The number of aromatic nitrogens is 2. The molecule has 3 aromatic carbocycles. The minimum atomic E-state index is 0.0639. The minimum Gasteiger partial charge on any atom is -0.497 e. The second kappa shape index (κ2) is 11.5. The Bertz CT molecular complexity index is 1520. The number of piperazine rings is 1. The number of nitrogens with zero attached hydrogens (tertiary/aromatic N) is 5. The molecule has 0 radical (unpaired) electrons. The molecule has 0 aliphatic carbocycles. The van der Waals surface area contributed by atoms with E-state index >= 15 is 0 Å². The van der Waals surface area contributed by atoms with Crippen LogP contribution in [-0.2, 0) is 31.4 Å². The third-order valence-corrected chi connectivity index (χ3v) is 7.96. The van der Waals surface area contributed by atoms with Crippen LogP contribution in [0.4, 0.5) is 22.9 Å². The van der Waals surface area contributed by atoms with Crippen LogP contribution in [0, 0.1) is 0 Å². The normalized spacial score (nSPS) is 15.0. The number of anilines is 4. The van der Waals surface area contributed by atoms with Crippen molar-refractivity contribution in [2.75, 3.05) is 55.5 Å². The van der Waals surface area contributed by atoms with E-state index in [9.17, 15) is 4.79 Å². The van der Waals surface area contributed by atoms with Crippen LogP contribution >= 0.6 is 0 Å². The van der Waals surface area contributed by atoms with Gasteiger partial charge in [-0.25, -0.2) is 0 Å². The van der Waals surface area contributed by atoms with Crippen molar-refractivity contribution in [1.82, 2.24) is 14.7 Å². The molecule has 3 heterocycles. The molecule has 9 heteroatoms. The first-order valence-corrected chi connectivity index (χ1v) is 14.0. The predicted octanol–water partition coefficient (Wildman–Crippen LogP) is 4.59. The number of ether oxygens (including phenoxy) is 2. The summed E-state index contributed by atoms with van der Waals surface area (Å²) < 4.78 is 12.7. The van der Waals surface area contributed by atoms with Crippen LogP contribution in [0.3, 0.4) is 0 Å². The van der Waals surface area contributed by atoms with Crippen molar-refractivity contribution in [3.05, 3.63) is 89.6 Å².